The highest BCUT2D eigenvalue weighted by Crippen LogP contribution is 2.45. The van der Waals surface area contributed by atoms with Crippen molar-refractivity contribution in [3.05, 3.63) is 29.7 Å². The molecule has 0 bridgehead atoms. The third-order valence-corrected chi connectivity index (χ3v) is 7.07. The van der Waals surface area contributed by atoms with E-state index in [4.69, 9.17) is 14.7 Å². The standard InChI is InChI=1S/C27H36N8O2/c1-14(2)28-23-25-32-31-17(6)33(25)12-20(29-23)24-30-19-10-18-21(11-22(19)35(24)16(5)13-37-9)34(15(3)4)26(36)27(18,7)8/h10-12,14-16H,13H2,1-9H3,(H,28,29)/t16-/m0/s1. The highest BCUT2D eigenvalue weighted by molar-refractivity contribution is 6.10. The van der Waals surface area contributed by atoms with Crippen LogP contribution in [0.3, 0.4) is 0 Å². The van der Waals surface area contributed by atoms with E-state index in [1.807, 2.05) is 50.1 Å². The largest absolute Gasteiger partial charge is 0.383 e. The summed E-state index contributed by atoms with van der Waals surface area (Å²) in [6, 6.07) is 4.36. The number of fused-ring (bicyclic) bond motifs is 3. The topological polar surface area (TPSA) is 102 Å². The first-order chi connectivity index (χ1) is 17.4. The lowest BCUT2D eigenvalue weighted by Crippen LogP contribution is -2.40. The number of aryl methyl sites for hydroxylation is 1. The monoisotopic (exact) mass is 504 g/mol. The van der Waals surface area contributed by atoms with E-state index in [2.05, 4.69) is 53.0 Å². The molecule has 0 radical (unpaired) electrons. The Morgan fingerprint density at radius 3 is 2.46 bits per heavy atom. The van der Waals surface area contributed by atoms with Crippen molar-refractivity contribution in [1.29, 1.82) is 0 Å². The van der Waals surface area contributed by atoms with Gasteiger partial charge >= 0.3 is 0 Å². The summed E-state index contributed by atoms with van der Waals surface area (Å²) in [5.41, 5.74) is 4.45. The number of hydrogen-bond donors (Lipinski definition) is 1. The van der Waals surface area contributed by atoms with Crippen LogP contribution in [-0.4, -0.2) is 60.8 Å². The van der Waals surface area contributed by atoms with Crippen LogP contribution in [-0.2, 0) is 14.9 Å². The summed E-state index contributed by atoms with van der Waals surface area (Å²) in [6.07, 6.45) is 1.94. The second-order valence-corrected chi connectivity index (χ2v) is 11.1. The first kappa shape index (κ1) is 25.1. The fraction of sp³-hybridized carbons (Fsp3) is 0.519. The van der Waals surface area contributed by atoms with Gasteiger partial charge in [0.05, 0.1) is 34.8 Å². The summed E-state index contributed by atoms with van der Waals surface area (Å²) >= 11 is 0. The number of amides is 1. The number of rotatable bonds is 7. The normalized spacial score (nSPS) is 16.0. The zero-order chi connectivity index (χ0) is 26.8. The number of ether oxygens (including phenoxy) is 1. The number of nitrogens with zero attached hydrogens (tertiary/aromatic N) is 7. The fourth-order valence-electron chi connectivity index (χ4n) is 5.30. The molecule has 0 aliphatic carbocycles. The van der Waals surface area contributed by atoms with Crippen LogP contribution in [0.15, 0.2) is 18.3 Å². The number of benzene rings is 1. The van der Waals surface area contributed by atoms with Crippen LogP contribution in [0.1, 0.15) is 65.9 Å². The molecule has 3 aromatic heterocycles. The van der Waals surface area contributed by atoms with Crippen molar-refractivity contribution in [3.8, 4) is 11.5 Å². The van der Waals surface area contributed by atoms with E-state index < -0.39 is 5.41 Å². The molecular formula is C27H36N8O2. The van der Waals surface area contributed by atoms with E-state index in [-0.39, 0.29) is 24.0 Å². The zero-order valence-electron chi connectivity index (χ0n) is 23.1. The van der Waals surface area contributed by atoms with Gasteiger partial charge < -0.3 is 19.5 Å². The average molecular weight is 505 g/mol. The summed E-state index contributed by atoms with van der Waals surface area (Å²) in [5, 5.41) is 12.0. The molecule has 10 nitrogen and oxygen atoms in total. The van der Waals surface area contributed by atoms with Crippen LogP contribution in [0.5, 0.6) is 0 Å². The maximum absolute atomic E-state index is 13.3. The van der Waals surface area contributed by atoms with Crippen molar-refractivity contribution >= 4 is 34.1 Å². The highest BCUT2D eigenvalue weighted by Gasteiger charge is 2.45. The molecule has 4 heterocycles. The van der Waals surface area contributed by atoms with Crippen LogP contribution in [0.2, 0.25) is 0 Å². The number of anilines is 2. The number of carbonyl (C=O) groups excluding carboxylic acids is 1. The lowest BCUT2D eigenvalue weighted by atomic mass is 9.86. The Morgan fingerprint density at radius 2 is 1.81 bits per heavy atom. The molecule has 1 aliphatic heterocycles. The summed E-state index contributed by atoms with van der Waals surface area (Å²) < 4.78 is 9.66. The zero-order valence-corrected chi connectivity index (χ0v) is 23.1. The lowest BCUT2D eigenvalue weighted by molar-refractivity contribution is -0.122. The van der Waals surface area contributed by atoms with Crippen molar-refractivity contribution < 1.29 is 9.53 Å². The van der Waals surface area contributed by atoms with E-state index in [1.165, 1.54) is 0 Å². The minimum Gasteiger partial charge on any atom is -0.383 e. The van der Waals surface area contributed by atoms with Crippen molar-refractivity contribution in [3.63, 3.8) is 0 Å². The third kappa shape index (κ3) is 3.85. The van der Waals surface area contributed by atoms with E-state index in [1.54, 1.807) is 7.11 Å². The van der Waals surface area contributed by atoms with Gasteiger partial charge in [-0.25, -0.2) is 9.97 Å². The van der Waals surface area contributed by atoms with Crippen molar-refractivity contribution in [2.75, 3.05) is 23.9 Å². The van der Waals surface area contributed by atoms with Gasteiger partial charge in [0.2, 0.25) is 11.6 Å². The molecule has 0 fully saturated rings. The maximum Gasteiger partial charge on any atom is 0.237 e. The van der Waals surface area contributed by atoms with E-state index in [0.29, 0.717) is 23.8 Å². The van der Waals surface area contributed by atoms with Crippen molar-refractivity contribution in [2.45, 2.75) is 78.9 Å². The number of imidazole rings is 1. The molecule has 4 aromatic rings. The van der Waals surface area contributed by atoms with Gasteiger partial charge in [0, 0.05) is 25.4 Å². The minimum atomic E-state index is -0.624. The predicted molar refractivity (Wildman–Crippen MR) is 145 cm³/mol. The quantitative estimate of drug-likeness (QED) is 0.395. The molecule has 1 amide bonds. The Hall–Kier alpha value is -3.53. The van der Waals surface area contributed by atoms with Crippen LogP contribution >= 0.6 is 0 Å². The van der Waals surface area contributed by atoms with Crippen LogP contribution in [0, 0.1) is 6.92 Å². The Labute approximate surface area is 217 Å². The molecule has 5 rings (SSSR count). The Kier molecular flexibility index (Phi) is 5.97. The van der Waals surface area contributed by atoms with Crippen LogP contribution < -0.4 is 10.2 Å². The lowest BCUT2D eigenvalue weighted by Gasteiger charge is -2.24. The van der Waals surface area contributed by atoms with Crippen molar-refractivity contribution in [2.24, 2.45) is 0 Å². The second-order valence-electron chi connectivity index (χ2n) is 11.1. The summed E-state index contributed by atoms with van der Waals surface area (Å²) in [6.45, 7) is 16.7. The molecule has 1 aliphatic rings. The second kappa shape index (κ2) is 8.79. The first-order valence-electron chi connectivity index (χ1n) is 12.8. The molecule has 0 spiro atoms. The molecular weight excluding hydrogens is 468 g/mol. The molecule has 0 saturated heterocycles. The molecule has 37 heavy (non-hydrogen) atoms. The Bertz CT molecular complexity index is 1510. The highest BCUT2D eigenvalue weighted by atomic mass is 16.5. The Balaban J connectivity index is 1.81. The number of carbonyl (C=O) groups is 1. The van der Waals surface area contributed by atoms with Crippen LogP contribution in [0.25, 0.3) is 28.2 Å². The first-order valence-corrected chi connectivity index (χ1v) is 12.8. The summed E-state index contributed by atoms with van der Waals surface area (Å²) in [5.74, 6) is 2.27. The third-order valence-electron chi connectivity index (χ3n) is 7.07. The van der Waals surface area contributed by atoms with Gasteiger partial charge in [-0.15, -0.1) is 10.2 Å². The van der Waals surface area contributed by atoms with E-state index in [9.17, 15) is 4.79 Å². The Morgan fingerprint density at radius 1 is 1.08 bits per heavy atom. The number of nitrogens with one attached hydrogen (secondary N) is 1. The fourth-order valence-corrected chi connectivity index (χ4v) is 5.30. The molecule has 0 unspecified atom stereocenters. The van der Waals surface area contributed by atoms with E-state index >= 15 is 0 Å². The molecule has 10 heteroatoms. The van der Waals surface area contributed by atoms with Crippen LogP contribution in [0.4, 0.5) is 11.5 Å². The van der Waals surface area contributed by atoms with Gasteiger partial charge in [-0.1, -0.05) is 0 Å². The van der Waals surface area contributed by atoms with E-state index in [0.717, 1.165) is 33.9 Å². The number of hydrogen-bond acceptors (Lipinski definition) is 7. The van der Waals surface area contributed by atoms with Gasteiger partial charge in [-0.2, -0.15) is 0 Å². The number of methoxy groups -OCH3 is 1. The molecule has 0 saturated carbocycles. The van der Waals surface area contributed by atoms with Gasteiger partial charge in [0.1, 0.15) is 11.5 Å². The molecule has 1 atom stereocenters. The predicted octanol–water partition coefficient (Wildman–Crippen LogP) is 4.51. The van der Waals surface area contributed by atoms with Gasteiger partial charge in [-0.3, -0.25) is 9.20 Å². The van der Waals surface area contributed by atoms with Crippen molar-refractivity contribution in [1.82, 2.24) is 29.1 Å². The van der Waals surface area contributed by atoms with Gasteiger partial charge in [-0.05, 0) is 73.1 Å². The number of aromatic nitrogens is 6. The van der Waals surface area contributed by atoms with Gasteiger partial charge in [0.15, 0.2) is 11.6 Å². The smallest absolute Gasteiger partial charge is 0.237 e. The molecule has 1 N–H and O–H groups in total. The average Bonchev–Trinajstić information content (AvgIpc) is 3.43. The maximum atomic E-state index is 13.3. The summed E-state index contributed by atoms with van der Waals surface area (Å²) in [7, 11) is 1.70. The summed E-state index contributed by atoms with van der Waals surface area (Å²) in [4.78, 5) is 25.3. The van der Waals surface area contributed by atoms with Gasteiger partial charge in [0.25, 0.3) is 0 Å². The SMILES string of the molecule is COC[C@H](C)n1c(-c2cn3c(C)nnc3c(NC(C)C)n2)nc2cc3c(cc21)N(C(C)C)C(=O)C3(C)C. The molecule has 196 valence electrons. The minimum absolute atomic E-state index is 0.0262. The molecule has 1 aromatic carbocycles.